The number of amides is 4. The number of halogens is 2. The summed E-state index contributed by atoms with van der Waals surface area (Å²) < 4.78 is 42.1. The molecule has 2 aromatic heterocycles. The molecule has 7 aliphatic rings. The van der Waals surface area contributed by atoms with E-state index in [-0.39, 0.29) is 59.7 Å². The standard InChI is InChI=1S/C45H54F2N10O6/c1-54-34-10-6-25(19-32(34)37(45(54)61)31-9-11-36(58)50-43(31)59)3-2-18-62-29-12-15-55(16-13-29)22-26-4-7-27(8-5-26)40-51-38(39(46)47)41(52-40)53-44(60)33-21-48-57-17-14-35(49-42(33)57)56-23-30-20-28(56)24-63-30/h6,10,14,17,19,21,26-31,37,39-40H,2-5,7-9,11-13,15-16,18,20,22-24H2,1H3,(H,50,58,59)(H,52,53,60)/t26?,27?,28-,30-,31?,37?,40?/m1/s1. The zero-order chi connectivity index (χ0) is 43.4. The number of alkyl halides is 2. The van der Waals surface area contributed by atoms with E-state index in [1.54, 1.807) is 18.1 Å². The number of aromatic nitrogens is 3. The fraction of sp³-hybridized carbons (Fsp3) is 0.600. The zero-order valence-electron chi connectivity index (χ0n) is 35.5. The van der Waals surface area contributed by atoms with Crippen LogP contribution >= 0.6 is 0 Å². The minimum absolute atomic E-state index is 0.0249. The highest BCUT2D eigenvalue weighted by molar-refractivity contribution is 6.46. The fourth-order valence-electron chi connectivity index (χ4n) is 10.9. The second kappa shape index (κ2) is 17.4. The molecule has 6 aliphatic heterocycles. The molecule has 16 nitrogen and oxygen atoms in total. The maximum atomic E-state index is 14.3. The summed E-state index contributed by atoms with van der Waals surface area (Å²) in [5, 5.41) is 9.31. The maximum Gasteiger partial charge on any atom is 0.283 e. The Morgan fingerprint density at radius 1 is 1.05 bits per heavy atom. The Morgan fingerprint density at radius 3 is 2.62 bits per heavy atom. The van der Waals surface area contributed by atoms with Gasteiger partial charge in [-0.15, -0.1) is 0 Å². The van der Waals surface area contributed by atoms with Gasteiger partial charge in [0.25, 0.3) is 12.3 Å². The van der Waals surface area contributed by atoms with E-state index in [1.807, 2.05) is 18.2 Å². The summed E-state index contributed by atoms with van der Waals surface area (Å²) in [6.07, 6.45) is 8.74. The topological polar surface area (TPSA) is 175 Å². The van der Waals surface area contributed by atoms with Gasteiger partial charge in [0, 0.05) is 64.1 Å². The lowest BCUT2D eigenvalue weighted by atomic mass is 9.80. The van der Waals surface area contributed by atoms with Crippen LogP contribution in [-0.4, -0.2) is 132 Å². The molecular formula is C45H54F2N10O6. The molecule has 2 bridgehead atoms. The number of aliphatic imine (C=N–C) groups is 2. The molecule has 0 spiro atoms. The van der Waals surface area contributed by atoms with Crippen LogP contribution in [0, 0.1) is 17.8 Å². The third kappa shape index (κ3) is 8.36. The first-order valence-corrected chi connectivity index (χ1v) is 22.6. The van der Waals surface area contributed by atoms with Crippen LogP contribution in [0.1, 0.15) is 91.6 Å². The number of carbonyl (C=O) groups excluding carboxylic acids is 4. The third-order valence-corrected chi connectivity index (χ3v) is 14.4. The van der Waals surface area contributed by atoms with Crippen molar-refractivity contribution in [1.29, 1.82) is 0 Å². The lowest BCUT2D eigenvalue weighted by Crippen LogP contribution is -2.44. The quantitative estimate of drug-likeness (QED) is 0.201. The van der Waals surface area contributed by atoms with Crippen molar-refractivity contribution in [1.82, 2.24) is 30.1 Å². The number of likely N-dealkylation sites (tertiary alicyclic amines) is 1. The molecule has 63 heavy (non-hydrogen) atoms. The number of aryl methyl sites for hydroxylation is 1. The summed E-state index contributed by atoms with van der Waals surface area (Å²) in [5.74, 6) is -1.39. The lowest BCUT2D eigenvalue weighted by Gasteiger charge is -2.37. The Labute approximate surface area is 363 Å². The second-order valence-corrected chi connectivity index (χ2v) is 18.4. The Hall–Kier alpha value is -5.20. The van der Waals surface area contributed by atoms with E-state index >= 15 is 0 Å². The summed E-state index contributed by atoms with van der Waals surface area (Å²) in [6.45, 7) is 4.95. The van der Waals surface area contributed by atoms with E-state index in [2.05, 4.69) is 41.6 Å². The Kier molecular flexibility index (Phi) is 11.5. The number of nitrogens with one attached hydrogen (secondary N) is 2. The van der Waals surface area contributed by atoms with Gasteiger partial charge in [0.05, 0.1) is 42.9 Å². The number of imide groups is 1. The van der Waals surface area contributed by atoms with Crippen molar-refractivity contribution < 1.29 is 37.4 Å². The molecule has 1 saturated carbocycles. The first-order chi connectivity index (χ1) is 30.6. The van der Waals surface area contributed by atoms with E-state index in [4.69, 9.17) is 14.5 Å². The molecule has 2 N–H and O–H groups in total. The van der Waals surface area contributed by atoms with Gasteiger partial charge >= 0.3 is 0 Å². The minimum Gasteiger partial charge on any atom is -0.378 e. The first kappa shape index (κ1) is 41.8. The molecule has 3 unspecified atom stereocenters. The van der Waals surface area contributed by atoms with Crippen molar-refractivity contribution in [2.75, 3.05) is 56.2 Å². The number of nitrogens with zero attached hydrogens (tertiary/aromatic N) is 8. The number of fused-ring (bicyclic) bond motifs is 4. The van der Waals surface area contributed by atoms with Gasteiger partial charge in [-0.25, -0.2) is 23.3 Å². The molecule has 4 amide bonds. The predicted molar refractivity (Wildman–Crippen MR) is 228 cm³/mol. The van der Waals surface area contributed by atoms with Crippen LogP contribution in [0.5, 0.6) is 0 Å². The molecule has 1 aliphatic carbocycles. The molecule has 5 atom stereocenters. The smallest absolute Gasteiger partial charge is 0.283 e. The number of piperidine rings is 2. The number of likely N-dealkylation sites (N-methyl/N-ethyl adjacent to an activating group) is 1. The highest BCUT2D eigenvalue weighted by Crippen LogP contribution is 2.44. The van der Waals surface area contributed by atoms with Gasteiger partial charge in [-0.3, -0.25) is 29.5 Å². The Bertz CT molecular complexity index is 2340. The van der Waals surface area contributed by atoms with Gasteiger partial charge in [0.2, 0.25) is 17.7 Å². The number of benzene rings is 1. The number of hydrogen-bond donors (Lipinski definition) is 2. The largest absolute Gasteiger partial charge is 0.378 e. The van der Waals surface area contributed by atoms with Crippen LogP contribution in [0.4, 0.5) is 20.3 Å². The highest BCUT2D eigenvalue weighted by Gasteiger charge is 2.45. The number of ether oxygens (including phenoxy) is 2. The van der Waals surface area contributed by atoms with Crippen LogP contribution in [0.15, 0.2) is 46.6 Å². The van der Waals surface area contributed by atoms with Crippen LogP contribution in [0.2, 0.25) is 0 Å². The van der Waals surface area contributed by atoms with Gasteiger partial charge < -0.3 is 29.5 Å². The second-order valence-electron chi connectivity index (χ2n) is 18.4. The summed E-state index contributed by atoms with van der Waals surface area (Å²) in [4.78, 5) is 71.1. The van der Waals surface area contributed by atoms with Crippen LogP contribution in [-0.2, 0) is 30.3 Å². The molecule has 3 aromatic rings. The van der Waals surface area contributed by atoms with E-state index in [0.717, 1.165) is 107 Å². The lowest BCUT2D eigenvalue weighted by molar-refractivity contribution is -0.139. The molecule has 0 radical (unpaired) electrons. The SMILES string of the molecule is CN1C(=O)C(C2CCC(=O)NC2=O)c2cc(CCCOC3CCN(CC4CCC(C5N=C(NC(=O)c6cnn7ccc(N8C[C@H]9C[C@@H]8CO9)nc67)C(C(F)F)=N5)CC4)CC3)ccc21. The maximum absolute atomic E-state index is 14.3. The number of anilines is 2. The molecule has 18 heteroatoms. The van der Waals surface area contributed by atoms with Crippen molar-refractivity contribution in [2.45, 2.75) is 107 Å². The summed E-state index contributed by atoms with van der Waals surface area (Å²) in [5.41, 5.74) is 2.82. The van der Waals surface area contributed by atoms with Crippen molar-refractivity contribution in [3.8, 4) is 0 Å². The van der Waals surface area contributed by atoms with Crippen molar-refractivity contribution in [3.05, 3.63) is 53.3 Å². The molecule has 334 valence electrons. The van der Waals surface area contributed by atoms with E-state index in [9.17, 15) is 28.0 Å². The van der Waals surface area contributed by atoms with Gasteiger partial charge in [0.1, 0.15) is 23.3 Å². The Morgan fingerprint density at radius 2 is 1.87 bits per heavy atom. The van der Waals surface area contributed by atoms with Gasteiger partial charge in [-0.2, -0.15) is 5.10 Å². The predicted octanol–water partition coefficient (Wildman–Crippen LogP) is 3.91. The van der Waals surface area contributed by atoms with E-state index in [0.29, 0.717) is 31.2 Å². The fourth-order valence-corrected chi connectivity index (χ4v) is 10.9. The first-order valence-electron chi connectivity index (χ1n) is 22.6. The Balaban J connectivity index is 0.663. The summed E-state index contributed by atoms with van der Waals surface area (Å²) in [6, 6.07) is 8.15. The normalized spacial score (nSPS) is 28.9. The zero-order valence-corrected chi connectivity index (χ0v) is 35.5. The van der Waals surface area contributed by atoms with Gasteiger partial charge in [-0.1, -0.05) is 12.1 Å². The van der Waals surface area contributed by atoms with Gasteiger partial charge in [-0.05, 0) is 93.4 Å². The number of morpholine rings is 1. The molecular weight excluding hydrogens is 815 g/mol. The average Bonchev–Trinajstić information content (AvgIpc) is 4.13. The van der Waals surface area contributed by atoms with Crippen molar-refractivity contribution >= 4 is 52.3 Å². The summed E-state index contributed by atoms with van der Waals surface area (Å²) in [7, 11) is 1.74. The molecule has 10 rings (SSSR count). The van der Waals surface area contributed by atoms with Gasteiger partial charge in [0.15, 0.2) is 11.5 Å². The number of hydrogen-bond acceptors (Lipinski definition) is 12. The third-order valence-electron chi connectivity index (χ3n) is 14.4. The van der Waals surface area contributed by atoms with Crippen LogP contribution in [0.25, 0.3) is 5.65 Å². The molecule has 1 aromatic carbocycles. The molecule has 4 saturated heterocycles. The van der Waals surface area contributed by atoms with Crippen molar-refractivity contribution in [3.63, 3.8) is 0 Å². The van der Waals surface area contributed by atoms with Crippen molar-refractivity contribution in [2.24, 2.45) is 27.7 Å². The number of amidine groups is 1. The van der Waals surface area contributed by atoms with E-state index < -0.39 is 36.0 Å². The molecule has 5 fully saturated rings. The monoisotopic (exact) mass is 868 g/mol. The number of carbonyl (C=O) groups is 4. The van der Waals surface area contributed by atoms with E-state index in [1.165, 1.54) is 10.7 Å². The highest BCUT2D eigenvalue weighted by atomic mass is 19.3. The van der Waals surface area contributed by atoms with Crippen LogP contribution in [0.3, 0.4) is 0 Å². The van der Waals surface area contributed by atoms with Crippen LogP contribution < -0.4 is 20.4 Å². The average molecular weight is 869 g/mol. The number of rotatable bonds is 12. The minimum atomic E-state index is -2.87. The molecule has 8 heterocycles. The summed E-state index contributed by atoms with van der Waals surface area (Å²) >= 11 is 0.